The lowest BCUT2D eigenvalue weighted by Crippen LogP contribution is -2.36. The molecule has 0 bridgehead atoms. The summed E-state index contributed by atoms with van der Waals surface area (Å²) in [4.78, 5) is 13.5. The topological polar surface area (TPSA) is 55.6 Å². The van der Waals surface area contributed by atoms with Gasteiger partial charge in [0.2, 0.25) is 5.91 Å². The molecule has 0 aromatic heterocycles. The van der Waals surface area contributed by atoms with E-state index in [9.17, 15) is 4.79 Å². The van der Waals surface area contributed by atoms with Gasteiger partial charge in [-0.1, -0.05) is 0 Å². The second kappa shape index (κ2) is 3.87. The van der Waals surface area contributed by atoms with E-state index in [0.29, 0.717) is 0 Å². The van der Waals surface area contributed by atoms with E-state index in [0.717, 1.165) is 32.4 Å². The lowest BCUT2D eigenvalue weighted by atomic mass is 10.2. The molecule has 2 N–H and O–H groups in total. The van der Waals surface area contributed by atoms with Gasteiger partial charge in [0.1, 0.15) is 0 Å². The molecule has 2 rings (SSSR count). The number of carbonyl (C=O) groups excluding carboxylic acids is 1. The van der Waals surface area contributed by atoms with Gasteiger partial charge in [-0.25, -0.2) is 0 Å². The summed E-state index contributed by atoms with van der Waals surface area (Å²) in [5.41, 5.74) is 5.63. The fourth-order valence-corrected chi connectivity index (χ4v) is 1.97. The van der Waals surface area contributed by atoms with Crippen LogP contribution in [0.4, 0.5) is 0 Å². The number of carbonyl (C=O) groups is 1. The summed E-state index contributed by atoms with van der Waals surface area (Å²) in [6.45, 7) is 1.57. The molecule has 1 amide bonds. The lowest BCUT2D eigenvalue weighted by Gasteiger charge is -2.20. The van der Waals surface area contributed by atoms with E-state index in [2.05, 4.69) is 0 Å². The van der Waals surface area contributed by atoms with E-state index >= 15 is 0 Å². The molecule has 3 unspecified atom stereocenters. The van der Waals surface area contributed by atoms with Crippen LogP contribution in [0.25, 0.3) is 0 Å². The normalized spacial score (nSPS) is 35.7. The Bertz CT molecular complexity index is 226. The van der Waals surface area contributed by atoms with Crippen molar-refractivity contribution < 1.29 is 9.53 Å². The molecule has 80 valence electrons. The molecule has 0 spiro atoms. The third kappa shape index (κ3) is 2.07. The van der Waals surface area contributed by atoms with Crippen LogP contribution in [0.3, 0.4) is 0 Å². The van der Waals surface area contributed by atoms with Gasteiger partial charge in [-0.3, -0.25) is 4.79 Å². The van der Waals surface area contributed by atoms with E-state index < -0.39 is 0 Å². The Hall–Kier alpha value is -0.610. The van der Waals surface area contributed by atoms with Crippen LogP contribution in [0.2, 0.25) is 0 Å². The second-order valence-corrected chi connectivity index (χ2v) is 4.36. The maximum atomic E-state index is 11.7. The Morgan fingerprint density at radius 3 is 2.86 bits per heavy atom. The molecular weight excluding hydrogens is 180 g/mol. The van der Waals surface area contributed by atoms with E-state index in [-0.39, 0.29) is 24.0 Å². The molecule has 1 saturated carbocycles. The average Bonchev–Trinajstić information content (AvgIpc) is 2.65. The minimum atomic E-state index is 0.0846. The summed E-state index contributed by atoms with van der Waals surface area (Å²) in [5, 5.41) is 0. The molecule has 2 aliphatic rings. The van der Waals surface area contributed by atoms with Crippen molar-refractivity contribution in [2.45, 2.75) is 31.4 Å². The number of rotatable bonds is 3. The summed E-state index contributed by atoms with van der Waals surface area (Å²) in [5.74, 6) is 0.273. The van der Waals surface area contributed by atoms with Gasteiger partial charge in [0.25, 0.3) is 0 Å². The smallest absolute Gasteiger partial charge is 0.227 e. The highest BCUT2D eigenvalue weighted by Gasteiger charge is 2.41. The van der Waals surface area contributed by atoms with Gasteiger partial charge >= 0.3 is 0 Å². The maximum Gasteiger partial charge on any atom is 0.227 e. The molecule has 1 heterocycles. The number of hydrogen-bond donors (Lipinski definition) is 1. The first kappa shape index (κ1) is 9.93. The maximum absolute atomic E-state index is 11.7. The molecule has 2 fully saturated rings. The summed E-state index contributed by atoms with van der Waals surface area (Å²) >= 11 is 0. The number of hydrogen-bond acceptors (Lipinski definition) is 3. The molecule has 1 aliphatic carbocycles. The van der Waals surface area contributed by atoms with E-state index in [1.54, 1.807) is 4.90 Å². The van der Waals surface area contributed by atoms with Gasteiger partial charge in [0.05, 0.1) is 12.0 Å². The van der Waals surface area contributed by atoms with Crippen molar-refractivity contribution in [3.05, 3.63) is 0 Å². The monoisotopic (exact) mass is 198 g/mol. The van der Waals surface area contributed by atoms with E-state index in [1.807, 2.05) is 7.05 Å². The Morgan fingerprint density at radius 2 is 2.36 bits per heavy atom. The zero-order chi connectivity index (χ0) is 10.1. The fraction of sp³-hybridized carbons (Fsp3) is 0.900. The fourth-order valence-electron chi connectivity index (χ4n) is 1.97. The Kier molecular flexibility index (Phi) is 2.74. The summed E-state index contributed by atoms with van der Waals surface area (Å²) in [7, 11) is 1.84. The van der Waals surface area contributed by atoms with Crippen molar-refractivity contribution in [2.24, 2.45) is 11.7 Å². The van der Waals surface area contributed by atoms with Crippen molar-refractivity contribution in [1.82, 2.24) is 4.90 Å². The van der Waals surface area contributed by atoms with Crippen LogP contribution in [0.1, 0.15) is 19.3 Å². The van der Waals surface area contributed by atoms with Crippen LogP contribution in [-0.4, -0.2) is 43.2 Å². The molecule has 1 aliphatic heterocycles. The predicted molar refractivity (Wildman–Crippen MR) is 52.7 cm³/mol. The van der Waals surface area contributed by atoms with Gasteiger partial charge in [-0.2, -0.15) is 0 Å². The highest BCUT2D eigenvalue weighted by Crippen LogP contribution is 2.29. The minimum absolute atomic E-state index is 0.0846. The average molecular weight is 198 g/mol. The lowest BCUT2D eigenvalue weighted by molar-refractivity contribution is -0.132. The van der Waals surface area contributed by atoms with Gasteiger partial charge < -0.3 is 15.4 Å². The quantitative estimate of drug-likeness (QED) is 0.693. The zero-order valence-corrected chi connectivity index (χ0v) is 8.61. The van der Waals surface area contributed by atoms with E-state index in [1.165, 1.54) is 0 Å². The van der Waals surface area contributed by atoms with Crippen molar-refractivity contribution >= 4 is 5.91 Å². The molecule has 1 saturated heterocycles. The van der Waals surface area contributed by atoms with Crippen LogP contribution in [0.15, 0.2) is 0 Å². The second-order valence-electron chi connectivity index (χ2n) is 4.36. The first-order chi connectivity index (χ1) is 6.68. The van der Waals surface area contributed by atoms with Gasteiger partial charge in [-0.15, -0.1) is 0 Å². The van der Waals surface area contributed by atoms with Crippen LogP contribution in [0, 0.1) is 5.92 Å². The molecule has 0 radical (unpaired) electrons. The highest BCUT2D eigenvalue weighted by molar-refractivity contribution is 5.82. The van der Waals surface area contributed by atoms with Crippen LogP contribution in [0.5, 0.6) is 0 Å². The standard InChI is InChI=1S/C10H18N2O2/c1-12(6-7-3-2-4-14-7)10(13)8-5-9(8)11/h7-9H,2-6,11H2,1H3. The number of nitrogens with two attached hydrogens (primary N) is 1. The van der Waals surface area contributed by atoms with Gasteiger partial charge in [0, 0.05) is 26.2 Å². The molecule has 4 nitrogen and oxygen atoms in total. The van der Waals surface area contributed by atoms with Crippen molar-refractivity contribution in [2.75, 3.05) is 20.2 Å². The third-order valence-electron chi connectivity index (χ3n) is 3.03. The van der Waals surface area contributed by atoms with Crippen LogP contribution < -0.4 is 5.73 Å². The molecule has 14 heavy (non-hydrogen) atoms. The minimum Gasteiger partial charge on any atom is -0.376 e. The highest BCUT2D eigenvalue weighted by atomic mass is 16.5. The van der Waals surface area contributed by atoms with Crippen molar-refractivity contribution in [1.29, 1.82) is 0 Å². The Balaban J connectivity index is 1.76. The van der Waals surface area contributed by atoms with E-state index in [4.69, 9.17) is 10.5 Å². The number of amides is 1. The Labute approximate surface area is 84.4 Å². The Morgan fingerprint density at radius 1 is 1.64 bits per heavy atom. The van der Waals surface area contributed by atoms with Crippen molar-refractivity contribution in [3.63, 3.8) is 0 Å². The van der Waals surface area contributed by atoms with Crippen LogP contribution in [-0.2, 0) is 9.53 Å². The predicted octanol–water partition coefficient (Wildman–Crippen LogP) is -0.0290. The molecule has 3 atom stereocenters. The number of likely N-dealkylation sites (N-methyl/N-ethyl adjacent to an activating group) is 1. The third-order valence-corrected chi connectivity index (χ3v) is 3.03. The van der Waals surface area contributed by atoms with Gasteiger partial charge in [0.15, 0.2) is 0 Å². The largest absolute Gasteiger partial charge is 0.376 e. The summed E-state index contributed by atoms with van der Waals surface area (Å²) in [6.07, 6.45) is 3.30. The SMILES string of the molecule is CN(CC1CCCO1)C(=O)C1CC1N. The molecule has 4 heteroatoms. The molecule has 0 aromatic rings. The van der Waals surface area contributed by atoms with Crippen molar-refractivity contribution in [3.8, 4) is 0 Å². The summed E-state index contributed by atoms with van der Waals surface area (Å²) < 4.78 is 5.48. The first-order valence-electron chi connectivity index (χ1n) is 5.30. The molecular formula is C10H18N2O2. The number of ether oxygens (including phenoxy) is 1. The van der Waals surface area contributed by atoms with Gasteiger partial charge in [-0.05, 0) is 19.3 Å². The van der Waals surface area contributed by atoms with Crippen LogP contribution >= 0.6 is 0 Å². The summed E-state index contributed by atoms with van der Waals surface area (Å²) in [6, 6.07) is 0.106. The first-order valence-corrected chi connectivity index (χ1v) is 5.30. The zero-order valence-electron chi connectivity index (χ0n) is 8.61. The number of nitrogens with zero attached hydrogens (tertiary/aromatic N) is 1. The molecule has 0 aromatic carbocycles.